The van der Waals surface area contributed by atoms with Gasteiger partial charge in [0.05, 0.1) is 18.9 Å². The predicted octanol–water partition coefficient (Wildman–Crippen LogP) is 2.89. The lowest BCUT2D eigenvalue weighted by atomic mass is 9.99. The highest BCUT2D eigenvalue weighted by atomic mass is 16.5. The van der Waals surface area contributed by atoms with Crippen LogP contribution in [0.4, 0.5) is 0 Å². The van der Waals surface area contributed by atoms with Crippen molar-refractivity contribution in [2.24, 2.45) is 21.9 Å². The number of hydrogen-bond donors (Lipinski definition) is 1. The molecule has 1 atom stereocenters. The summed E-state index contributed by atoms with van der Waals surface area (Å²) >= 11 is 0. The average molecular weight is 351 g/mol. The third-order valence-electron chi connectivity index (χ3n) is 4.65. The molecule has 136 valence electrons. The molecule has 1 aromatic rings. The lowest BCUT2D eigenvalue weighted by Crippen LogP contribution is -2.23. The normalized spacial score (nSPS) is 20.7. The molecule has 0 bridgehead atoms. The summed E-state index contributed by atoms with van der Waals surface area (Å²) in [5.74, 6) is 12.1. The van der Waals surface area contributed by atoms with E-state index >= 15 is 0 Å². The van der Waals surface area contributed by atoms with Gasteiger partial charge in [-0.3, -0.25) is 9.79 Å². The Kier molecular flexibility index (Phi) is 6.19. The highest BCUT2D eigenvalue weighted by molar-refractivity contribution is 6.64. The van der Waals surface area contributed by atoms with E-state index in [0.29, 0.717) is 18.0 Å². The molecule has 0 amide bonds. The molecule has 1 aliphatic carbocycles. The number of hydrogen-bond acceptors (Lipinski definition) is 5. The van der Waals surface area contributed by atoms with Crippen LogP contribution in [0.1, 0.15) is 53.6 Å². The molecule has 1 aliphatic heterocycles. The quantitative estimate of drug-likeness (QED) is 0.291. The highest BCUT2D eigenvalue weighted by Gasteiger charge is 2.19. The van der Waals surface area contributed by atoms with Gasteiger partial charge >= 0.3 is 0 Å². The van der Waals surface area contributed by atoms with E-state index in [4.69, 9.17) is 10.6 Å². The van der Waals surface area contributed by atoms with Gasteiger partial charge in [-0.2, -0.15) is 5.10 Å². The maximum Gasteiger partial charge on any atom is 0.215 e. The van der Waals surface area contributed by atoms with E-state index < -0.39 is 0 Å². The number of rotatable bonds is 5. The van der Waals surface area contributed by atoms with Crippen molar-refractivity contribution in [1.29, 1.82) is 0 Å². The molecular weight excluding hydrogens is 326 g/mol. The molecule has 1 saturated carbocycles. The molecule has 0 aromatic heterocycles. The molecule has 1 saturated heterocycles. The SMILES string of the molecule is Cc1ccc(C#CC2CC2)cc1C(=O)/C(C=NCC1CCCCO1)=N/N. The molecule has 1 unspecified atom stereocenters. The summed E-state index contributed by atoms with van der Waals surface area (Å²) in [4.78, 5) is 17.1. The van der Waals surface area contributed by atoms with Gasteiger partial charge in [-0.1, -0.05) is 17.9 Å². The number of nitrogens with zero attached hydrogens (tertiary/aromatic N) is 2. The van der Waals surface area contributed by atoms with Gasteiger partial charge in [0.25, 0.3) is 0 Å². The van der Waals surface area contributed by atoms with Crippen molar-refractivity contribution in [3.8, 4) is 11.8 Å². The minimum absolute atomic E-state index is 0.122. The Morgan fingerprint density at radius 3 is 2.88 bits per heavy atom. The Balaban J connectivity index is 1.69. The molecule has 5 heteroatoms. The molecular formula is C21H25N3O2. The van der Waals surface area contributed by atoms with Gasteiger partial charge in [-0.05, 0) is 56.7 Å². The zero-order valence-corrected chi connectivity index (χ0v) is 15.2. The summed E-state index contributed by atoms with van der Waals surface area (Å²) in [6.45, 7) is 3.20. The molecule has 26 heavy (non-hydrogen) atoms. The topological polar surface area (TPSA) is 77.0 Å². The minimum Gasteiger partial charge on any atom is -0.376 e. The first-order valence-electron chi connectivity index (χ1n) is 9.23. The molecule has 3 rings (SSSR count). The van der Waals surface area contributed by atoms with Crippen LogP contribution in [0.2, 0.25) is 0 Å². The number of hydrazone groups is 1. The molecule has 2 fully saturated rings. The fourth-order valence-corrected chi connectivity index (χ4v) is 2.85. The first-order chi connectivity index (χ1) is 12.7. The summed E-state index contributed by atoms with van der Waals surface area (Å²) in [5.41, 5.74) is 2.43. The second kappa shape index (κ2) is 8.77. The highest BCUT2D eigenvalue weighted by Crippen LogP contribution is 2.27. The number of aliphatic imine (C=N–C) groups is 1. The zero-order chi connectivity index (χ0) is 18.4. The number of carbonyl (C=O) groups is 1. The molecule has 2 aliphatic rings. The second-order valence-corrected chi connectivity index (χ2v) is 6.90. The maximum absolute atomic E-state index is 12.8. The Bertz CT molecular complexity index is 776. The van der Waals surface area contributed by atoms with Crippen molar-refractivity contribution in [1.82, 2.24) is 0 Å². The van der Waals surface area contributed by atoms with Crippen LogP contribution < -0.4 is 5.84 Å². The van der Waals surface area contributed by atoms with Crippen LogP contribution >= 0.6 is 0 Å². The van der Waals surface area contributed by atoms with Gasteiger partial charge in [0, 0.05) is 23.7 Å². The smallest absolute Gasteiger partial charge is 0.215 e. The van der Waals surface area contributed by atoms with E-state index in [1.807, 2.05) is 25.1 Å². The van der Waals surface area contributed by atoms with Gasteiger partial charge in [0.1, 0.15) is 5.71 Å². The Morgan fingerprint density at radius 1 is 1.35 bits per heavy atom. The van der Waals surface area contributed by atoms with Crippen LogP contribution in [0.3, 0.4) is 0 Å². The summed E-state index contributed by atoms with van der Waals surface area (Å²) in [5, 5.41) is 3.64. The summed E-state index contributed by atoms with van der Waals surface area (Å²) < 4.78 is 5.64. The lowest BCUT2D eigenvalue weighted by Gasteiger charge is -2.20. The second-order valence-electron chi connectivity index (χ2n) is 6.90. The van der Waals surface area contributed by atoms with Crippen molar-refractivity contribution in [3.05, 3.63) is 34.9 Å². The van der Waals surface area contributed by atoms with Crippen LogP contribution in [0.15, 0.2) is 28.3 Å². The van der Waals surface area contributed by atoms with E-state index in [0.717, 1.165) is 37.0 Å². The largest absolute Gasteiger partial charge is 0.376 e. The zero-order valence-electron chi connectivity index (χ0n) is 15.2. The van der Waals surface area contributed by atoms with E-state index in [9.17, 15) is 4.79 Å². The number of nitrogens with two attached hydrogens (primary N) is 1. The first kappa shape index (κ1) is 18.3. The summed E-state index contributed by atoms with van der Waals surface area (Å²) in [6, 6.07) is 5.66. The van der Waals surface area contributed by atoms with E-state index in [1.54, 1.807) is 0 Å². The standard InChI is InChI=1S/C21H25N3O2/c1-15-5-6-17(10-9-16-7-8-16)12-19(15)21(25)20(24-22)14-23-13-18-4-2-3-11-26-18/h5-6,12,14,16,18H,2-4,7-8,11,13,22H2,1H3/b23-14?,24-20+. The molecule has 2 N–H and O–H groups in total. The summed E-state index contributed by atoms with van der Waals surface area (Å²) in [7, 11) is 0. The average Bonchev–Trinajstić information content (AvgIpc) is 3.49. The number of ether oxygens (including phenoxy) is 1. The Labute approximate surface area is 154 Å². The van der Waals surface area contributed by atoms with Crippen molar-refractivity contribution in [3.63, 3.8) is 0 Å². The predicted molar refractivity (Wildman–Crippen MR) is 104 cm³/mol. The molecule has 1 aromatic carbocycles. The molecule has 1 heterocycles. The molecule has 0 spiro atoms. The maximum atomic E-state index is 12.8. The van der Waals surface area contributed by atoms with Crippen LogP contribution in [0.25, 0.3) is 0 Å². The number of Topliss-reactive ketones (excluding diaryl/α,β-unsaturated/α-hetero) is 1. The van der Waals surface area contributed by atoms with Crippen LogP contribution in [0.5, 0.6) is 0 Å². The Hall–Kier alpha value is -2.45. The van der Waals surface area contributed by atoms with Gasteiger partial charge in [-0.15, -0.1) is 0 Å². The number of ketones is 1. The number of carbonyl (C=O) groups excluding carboxylic acids is 1. The third kappa shape index (κ3) is 5.03. The van der Waals surface area contributed by atoms with Crippen molar-refractivity contribution >= 4 is 17.7 Å². The van der Waals surface area contributed by atoms with Crippen molar-refractivity contribution < 1.29 is 9.53 Å². The Morgan fingerprint density at radius 2 is 2.19 bits per heavy atom. The first-order valence-corrected chi connectivity index (χ1v) is 9.23. The molecule has 5 nitrogen and oxygen atoms in total. The van der Waals surface area contributed by atoms with Crippen LogP contribution in [-0.2, 0) is 4.74 Å². The van der Waals surface area contributed by atoms with Crippen molar-refractivity contribution in [2.45, 2.75) is 45.1 Å². The number of benzene rings is 1. The van der Waals surface area contributed by atoms with Crippen molar-refractivity contribution in [2.75, 3.05) is 13.2 Å². The molecule has 0 radical (unpaired) electrons. The monoisotopic (exact) mass is 351 g/mol. The van der Waals surface area contributed by atoms with E-state index in [2.05, 4.69) is 21.9 Å². The van der Waals surface area contributed by atoms with Gasteiger partial charge in [0.15, 0.2) is 0 Å². The minimum atomic E-state index is -0.228. The van der Waals surface area contributed by atoms with Gasteiger partial charge < -0.3 is 10.6 Å². The van der Waals surface area contributed by atoms with Gasteiger partial charge in [-0.25, -0.2) is 0 Å². The van der Waals surface area contributed by atoms with Crippen LogP contribution in [0, 0.1) is 24.7 Å². The number of aryl methyl sites for hydroxylation is 1. The fourth-order valence-electron chi connectivity index (χ4n) is 2.85. The van der Waals surface area contributed by atoms with E-state index in [1.165, 1.54) is 19.1 Å². The third-order valence-corrected chi connectivity index (χ3v) is 4.65. The lowest BCUT2D eigenvalue weighted by molar-refractivity contribution is 0.0226. The fraction of sp³-hybridized carbons (Fsp3) is 0.476. The summed E-state index contributed by atoms with van der Waals surface area (Å²) in [6.07, 6.45) is 7.20. The van der Waals surface area contributed by atoms with Crippen LogP contribution in [-0.4, -0.2) is 37.0 Å². The van der Waals surface area contributed by atoms with Gasteiger partial charge in [0.2, 0.25) is 5.78 Å². The van der Waals surface area contributed by atoms with E-state index in [-0.39, 0.29) is 17.6 Å².